The molecule has 1 aromatic heterocycles. The third kappa shape index (κ3) is 2.72. The number of aromatic amines is 1. The average Bonchev–Trinajstić information content (AvgIpc) is 2.86. The zero-order valence-corrected chi connectivity index (χ0v) is 12.7. The quantitative estimate of drug-likeness (QED) is 0.777. The minimum atomic E-state index is -3.67. The van der Waals surface area contributed by atoms with E-state index < -0.39 is 10.0 Å². The number of benzene rings is 2. The number of fused-ring (bicyclic) bond motifs is 1. The van der Waals surface area contributed by atoms with Gasteiger partial charge in [0.25, 0.3) is 10.0 Å². The molecule has 3 rings (SSSR count). The molecule has 0 bridgehead atoms. The lowest BCUT2D eigenvalue weighted by atomic mass is 10.2. The van der Waals surface area contributed by atoms with E-state index in [1.54, 1.807) is 42.6 Å². The standard InChI is InChI=1S/C14H12ClN3O2S/c1-9-2-4-11(5-3-9)21(19,20)18-14-7-13-10(6-12(14)15)8-16-17-13/h2-8,18H,1H3,(H,16,17). The molecule has 0 unspecified atom stereocenters. The van der Waals surface area contributed by atoms with E-state index in [2.05, 4.69) is 14.9 Å². The Labute approximate surface area is 127 Å². The van der Waals surface area contributed by atoms with Crippen LogP contribution < -0.4 is 4.72 Å². The van der Waals surface area contributed by atoms with Crippen LogP contribution in [0.2, 0.25) is 5.02 Å². The summed E-state index contributed by atoms with van der Waals surface area (Å²) in [7, 11) is -3.67. The molecule has 0 amide bonds. The number of sulfonamides is 1. The predicted octanol–water partition coefficient (Wildman–Crippen LogP) is 3.33. The summed E-state index contributed by atoms with van der Waals surface area (Å²) in [4.78, 5) is 0.189. The van der Waals surface area contributed by atoms with Crippen LogP contribution in [-0.2, 0) is 10.0 Å². The summed E-state index contributed by atoms with van der Waals surface area (Å²) in [5, 5.41) is 7.80. The van der Waals surface area contributed by atoms with Crippen molar-refractivity contribution in [2.45, 2.75) is 11.8 Å². The fourth-order valence-corrected chi connectivity index (χ4v) is 3.31. The van der Waals surface area contributed by atoms with Gasteiger partial charge in [-0.2, -0.15) is 5.10 Å². The van der Waals surface area contributed by atoms with E-state index in [1.807, 2.05) is 6.92 Å². The van der Waals surface area contributed by atoms with Crippen molar-refractivity contribution in [1.29, 1.82) is 0 Å². The first-order chi connectivity index (χ1) is 9.95. The van der Waals surface area contributed by atoms with E-state index in [-0.39, 0.29) is 4.90 Å². The molecule has 2 aromatic carbocycles. The van der Waals surface area contributed by atoms with Crippen molar-refractivity contribution in [3.8, 4) is 0 Å². The van der Waals surface area contributed by atoms with Gasteiger partial charge in [0.05, 0.1) is 27.3 Å². The Morgan fingerprint density at radius 2 is 1.90 bits per heavy atom. The molecule has 7 heteroatoms. The molecule has 0 radical (unpaired) electrons. The lowest BCUT2D eigenvalue weighted by Gasteiger charge is -2.10. The normalized spacial score (nSPS) is 11.7. The van der Waals surface area contributed by atoms with E-state index in [9.17, 15) is 8.42 Å². The maximum Gasteiger partial charge on any atom is 0.261 e. The molecule has 0 saturated heterocycles. The van der Waals surface area contributed by atoms with Crippen molar-refractivity contribution < 1.29 is 8.42 Å². The number of nitrogens with zero attached hydrogens (tertiary/aromatic N) is 1. The van der Waals surface area contributed by atoms with E-state index in [0.29, 0.717) is 16.2 Å². The minimum absolute atomic E-state index is 0.189. The van der Waals surface area contributed by atoms with Gasteiger partial charge in [0.2, 0.25) is 0 Å². The van der Waals surface area contributed by atoms with Gasteiger partial charge in [-0.25, -0.2) is 8.42 Å². The average molecular weight is 322 g/mol. The smallest absolute Gasteiger partial charge is 0.261 e. The number of halogens is 1. The molecule has 1 heterocycles. The number of hydrogen-bond donors (Lipinski definition) is 2. The molecule has 108 valence electrons. The molecule has 0 aliphatic heterocycles. The van der Waals surface area contributed by atoms with Crippen molar-refractivity contribution in [3.63, 3.8) is 0 Å². The van der Waals surface area contributed by atoms with Crippen LogP contribution in [0.4, 0.5) is 5.69 Å². The van der Waals surface area contributed by atoms with Crippen LogP contribution in [0.25, 0.3) is 10.9 Å². The Morgan fingerprint density at radius 3 is 2.62 bits per heavy atom. The van der Waals surface area contributed by atoms with Crippen LogP contribution >= 0.6 is 11.6 Å². The number of aryl methyl sites for hydroxylation is 1. The van der Waals surface area contributed by atoms with E-state index in [0.717, 1.165) is 10.9 Å². The number of hydrogen-bond acceptors (Lipinski definition) is 3. The van der Waals surface area contributed by atoms with Gasteiger partial charge in [-0.3, -0.25) is 9.82 Å². The molecule has 21 heavy (non-hydrogen) atoms. The highest BCUT2D eigenvalue weighted by Crippen LogP contribution is 2.29. The second kappa shape index (κ2) is 5.05. The highest BCUT2D eigenvalue weighted by atomic mass is 35.5. The fraction of sp³-hybridized carbons (Fsp3) is 0.0714. The van der Waals surface area contributed by atoms with Gasteiger partial charge < -0.3 is 0 Å². The Morgan fingerprint density at radius 1 is 1.19 bits per heavy atom. The molecule has 0 spiro atoms. The van der Waals surface area contributed by atoms with E-state index >= 15 is 0 Å². The molecule has 5 nitrogen and oxygen atoms in total. The van der Waals surface area contributed by atoms with Crippen LogP contribution in [0.1, 0.15) is 5.56 Å². The van der Waals surface area contributed by atoms with Crippen LogP contribution in [0.3, 0.4) is 0 Å². The van der Waals surface area contributed by atoms with Gasteiger partial charge in [-0.05, 0) is 31.2 Å². The summed E-state index contributed by atoms with van der Waals surface area (Å²) in [6, 6.07) is 9.88. The van der Waals surface area contributed by atoms with Crippen molar-refractivity contribution in [3.05, 3.63) is 53.2 Å². The summed E-state index contributed by atoms with van der Waals surface area (Å²) < 4.78 is 27.2. The third-order valence-corrected chi connectivity index (χ3v) is 4.80. The van der Waals surface area contributed by atoms with Gasteiger partial charge in [0.15, 0.2) is 0 Å². The zero-order valence-electron chi connectivity index (χ0n) is 11.1. The summed E-state index contributed by atoms with van der Waals surface area (Å²) in [5.74, 6) is 0. The van der Waals surface area contributed by atoms with Crippen LogP contribution in [0.15, 0.2) is 47.5 Å². The third-order valence-electron chi connectivity index (χ3n) is 3.10. The summed E-state index contributed by atoms with van der Waals surface area (Å²) in [5.41, 5.74) is 2.01. The number of nitrogens with one attached hydrogen (secondary N) is 2. The van der Waals surface area contributed by atoms with Gasteiger partial charge in [0, 0.05) is 5.39 Å². The van der Waals surface area contributed by atoms with Crippen molar-refractivity contribution >= 4 is 38.2 Å². The Balaban J connectivity index is 2.00. The first-order valence-corrected chi connectivity index (χ1v) is 8.04. The maximum atomic E-state index is 12.3. The lowest BCUT2D eigenvalue weighted by molar-refractivity contribution is 0.601. The van der Waals surface area contributed by atoms with Gasteiger partial charge in [0.1, 0.15) is 0 Å². The highest BCUT2D eigenvalue weighted by molar-refractivity contribution is 7.92. The second-order valence-electron chi connectivity index (χ2n) is 4.71. The van der Waals surface area contributed by atoms with Gasteiger partial charge in [-0.15, -0.1) is 0 Å². The van der Waals surface area contributed by atoms with Crippen LogP contribution in [0.5, 0.6) is 0 Å². The SMILES string of the molecule is Cc1ccc(S(=O)(=O)Nc2cc3[nH]ncc3cc2Cl)cc1. The van der Waals surface area contributed by atoms with Crippen LogP contribution in [-0.4, -0.2) is 18.6 Å². The summed E-state index contributed by atoms with van der Waals surface area (Å²) in [6.45, 7) is 1.90. The second-order valence-corrected chi connectivity index (χ2v) is 6.80. The van der Waals surface area contributed by atoms with E-state index in [4.69, 9.17) is 11.6 Å². The number of H-pyrrole nitrogens is 1. The molecule has 0 atom stereocenters. The fourth-order valence-electron chi connectivity index (χ4n) is 1.96. The number of rotatable bonds is 3. The first kappa shape index (κ1) is 13.9. The molecular weight excluding hydrogens is 310 g/mol. The van der Waals surface area contributed by atoms with Crippen LogP contribution in [0, 0.1) is 6.92 Å². The molecule has 0 aliphatic carbocycles. The first-order valence-electron chi connectivity index (χ1n) is 6.18. The van der Waals surface area contributed by atoms with Crippen molar-refractivity contribution in [2.24, 2.45) is 0 Å². The summed E-state index contributed by atoms with van der Waals surface area (Å²) >= 11 is 6.11. The lowest BCUT2D eigenvalue weighted by Crippen LogP contribution is -2.13. The molecule has 0 saturated carbocycles. The molecule has 3 aromatic rings. The minimum Gasteiger partial charge on any atom is -0.278 e. The number of anilines is 1. The predicted molar refractivity (Wildman–Crippen MR) is 83.1 cm³/mol. The molecule has 0 aliphatic rings. The Hall–Kier alpha value is -2.05. The molecule has 2 N–H and O–H groups in total. The Bertz CT molecular complexity index is 902. The van der Waals surface area contributed by atoms with Crippen molar-refractivity contribution in [1.82, 2.24) is 10.2 Å². The zero-order chi connectivity index (χ0) is 15.0. The maximum absolute atomic E-state index is 12.3. The van der Waals surface area contributed by atoms with Gasteiger partial charge in [-0.1, -0.05) is 29.3 Å². The molecular formula is C14H12ClN3O2S. The highest BCUT2D eigenvalue weighted by Gasteiger charge is 2.16. The topological polar surface area (TPSA) is 74.8 Å². The Kier molecular flexibility index (Phi) is 3.35. The monoisotopic (exact) mass is 321 g/mol. The summed E-state index contributed by atoms with van der Waals surface area (Å²) in [6.07, 6.45) is 1.62. The van der Waals surface area contributed by atoms with Crippen molar-refractivity contribution in [2.75, 3.05) is 4.72 Å². The van der Waals surface area contributed by atoms with Gasteiger partial charge >= 0.3 is 0 Å². The largest absolute Gasteiger partial charge is 0.278 e. The molecule has 0 fully saturated rings. The number of aromatic nitrogens is 2. The van der Waals surface area contributed by atoms with E-state index in [1.165, 1.54) is 0 Å².